The first-order valence-corrected chi connectivity index (χ1v) is 9.16. The molecule has 10 nitrogen and oxygen atoms in total. The Balaban J connectivity index is 1.78. The van der Waals surface area contributed by atoms with Gasteiger partial charge >= 0.3 is 0 Å². The Kier molecular flexibility index (Phi) is 5.31. The van der Waals surface area contributed by atoms with E-state index in [1.165, 1.54) is 17.0 Å². The van der Waals surface area contributed by atoms with Crippen molar-refractivity contribution in [1.29, 1.82) is 0 Å². The normalized spacial score (nSPS) is 12.3. The maximum atomic E-state index is 14.0. The van der Waals surface area contributed by atoms with Gasteiger partial charge in [-0.2, -0.15) is 15.1 Å². The Morgan fingerprint density at radius 3 is 2.84 bits per heavy atom. The minimum atomic E-state index is -0.694. The molecule has 0 atom stereocenters. The summed E-state index contributed by atoms with van der Waals surface area (Å²) in [6.07, 6.45) is 6.13. The Morgan fingerprint density at radius 1 is 1.26 bits per heavy atom. The van der Waals surface area contributed by atoms with Crippen LogP contribution in [0.15, 0.2) is 62.3 Å². The molecule has 0 amide bonds. The SMILES string of the molecule is C/C=C\C=C(\F)CCn1nc(-c2nc(O)c3c(=O)cc(O)oc3n2)cc1-c1ccon1. The van der Waals surface area contributed by atoms with Crippen LogP contribution in [0, 0.1) is 0 Å². The monoisotopic (exact) mass is 425 g/mol. The van der Waals surface area contributed by atoms with Crippen molar-refractivity contribution in [3.8, 4) is 34.7 Å². The molecule has 158 valence electrons. The molecule has 0 aromatic carbocycles. The van der Waals surface area contributed by atoms with Crippen LogP contribution in [0.5, 0.6) is 11.8 Å². The van der Waals surface area contributed by atoms with Gasteiger partial charge in [-0.25, -0.2) is 4.39 Å². The van der Waals surface area contributed by atoms with Gasteiger partial charge < -0.3 is 19.2 Å². The van der Waals surface area contributed by atoms with Crippen molar-refractivity contribution in [1.82, 2.24) is 24.9 Å². The van der Waals surface area contributed by atoms with Gasteiger partial charge in [-0.05, 0) is 19.1 Å². The summed E-state index contributed by atoms with van der Waals surface area (Å²) < 4.78 is 25.4. The summed E-state index contributed by atoms with van der Waals surface area (Å²) in [6, 6.07) is 3.99. The first kappa shape index (κ1) is 20.0. The van der Waals surface area contributed by atoms with Crippen LogP contribution >= 0.6 is 0 Å². The van der Waals surface area contributed by atoms with E-state index in [-0.39, 0.29) is 41.4 Å². The zero-order valence-corrected chi connectivity index (χ0v) is 16.2. The van der Waals surface area contributed by atoms with Crippen LogP contribution in [-0.4, -0.2) is 35.1 Å². The van der Waals surface area contributed by atoms with E-state index in [0.717, 1.165) is 6.07 Å². The van der Waals surface area contributed by atoms with Crippen LogP contribution in [0.2, 0.25) is 0 Å². The lowest BCUT2D eigenvalue weighted by atomic mass is 10.2. The molecule has 0 radical (unpaired) electrons. The lowest BCUT2D eigenvalue weighted by Crippen LogP contribution is -2.04. The summed E-state index contributed by atoms with van der Waals surface area (Å²) in [4.78, 5) is 20.0. The van der Waals surface area contributed by atoms with E-state index in [4.69, 9.17) is 8.94 Å². The van der Waals surface area contributed by atoms with Crippen molar-refractivity contribution in [2.75, 3.05) is 0 Å². The fourth-order valence-corrected chi connectivity index (χ4v) is 2.89. The number of aromatic nitrogens is 5. The fourth-order valence-electron chi connectivity index (χ4n) is 2.89. The van der Waals surface area contributed by atoms with Crippen LogP contribution in [0.25, 0.3) is 34.0 Å². The van der Waals surface area contributed by atoms with Crippen LogP contribution in [-0.2, 0) is 6.54 Å². The summed E-state index contributed by atoms with van der Waals surface area (Å²) in [6.45, 7) is 1.96. The molecule has 0 unspecified atom stereocenters. The first-order chi connectivity index (χ1) is 15.0. The van der Waals surface area contributed by atoms with Gasteiger partial charge in [0.1, 0.15) is 28.9 Å². The highest BCUT2D eigenvalue weighted by atomic mass is 19.1. The van der Waals surface area contributed by atoms with Gasteiger partial charge in [0.25, 0.3) is 5.95 Å². The molecule has 0 bridgehead atoms. The molecule has 0 aliphatic carbocycles. The largest absolute Gasteiger partial charge is 0.493 e. The van der Waals surface area contributed by atoms with Crippen LogP contribution < -0.4 is 5.43 Å². The minimum absolute atomic E-state index is 0.0628. The number of aromatic hydroxyl groups is 2. The second-order valence-electron chi connectivity index (χ2n) is 6.41. The average Bonchev–Trinajstić information content (AvgIpc) is 3.39. The lowest BCUT2D eigenvalue weighted by molar-refractivity contribution is 0.336. The predicted octanol–water partition coefficient (Wildman–Crippen LogP) is 3.33. The van der Waals surface area contributed by atoms with Crippen molar-refractivity contribution < 1.29 is 23.5 Å². The predicted molar refractivity (Wildman–Crippen MR) is 107 cm³/mol. The number of rotatable bonds is 6. The zero-order valence-electron chi connectivity index (χ0n) is 16.2. The highest BCUT2D eigenvalue weighted by molar-refractivity contribution is 5.80. The molecule has 11 heteroatoms. The number of nitrogens with zero attached hydrogens (tertiary/aromatic N) is 5. The summed E-state index contributed by atoms with van der Waals surface area (Å²) in [7, 11) is 0. The first-order valence-electron chi connectivity index (χ1n) is 9.16. The van der Waals surface area contributed by atoms with Crippen molar-refractivity contribution >= 4 is 11.1 Å². The van der Waals surface area contributed by atoms with Gasteiger partial charge in [-0.3, -0.25) is 9.48 Å². The zero-order chi connectivity index (χ0) is 22.0. The highest BCUT2D eigenvalue weighted by Crippen LogP contribution is 2.28. The molecule has 4 aromatic heterocycles. The van der Waals surface area contributed by atoms with E-state index in [9.17, 15) is 19.4 Å². The van der Waals surface area contributed by atoms with E-state index in [1.807, 2.05) is 0 Å². The highest BCUT2D eigenvalue weighted by Gasteiger charge is 2.19. The second kappa shape index (κ2) is 8.22. The van der Waals surface area contributed by atoms with Gasteiger partial charge in [0.15, 0.2) is 5.82 Å². The quantitative estimate of drug-likeness (QED) is 0.445. The number of aryl methyl sites for hydroxylation is 1. The van der Waals surface area contributed by atoms with E-state index < -0.39 is 17.3 Å². The van der Waals surface area contributed by atoms with E-state index >= 15 is 0 Å². The third-order valence-electron chi connectivity index (χ3n) is 4.30. The molecule has 0 saturated carbocycles. The average molecular weight is 425 g/mol. The lowest BCUT2D eigenvalue weighted by Gasteiger charge is -2.04. The van der Waals surface area contributed by atoms with E-state index in [0.29, 0.717) is 11.4 Å². The van der Waals surface area contributed by atoms with Gasteiger partial charge in [0.05, 0.1) is 11.8 Å². The number of allylic oxidation sites excluding steroid dienone is 4. The molecule has 0 aliphatic rings. The summed E-state index contributed by atoms with van der Waals surface area (Å²) >= 11 is 0. The molecule has 31 heavy (non-hydrogen) atoms. The van der Waals surface area contributed by atoms with Crippen molar-refractivity contribution in [3.63, 3.8) is 0 Å². The molecular weight excluding hydrogens is 409 g/mol. The molecule has 4 rings (SSSR count). The van der Waals surface area contributed by atoms with Gasteiger partial charge in [0.2, 0.25) is 17.0 Å². The standard InChI is InChI=1S/C20H16FN5O5/c1-2-3-4-11(21)5-7-26-14(12-6-8-30-25-12)9-13(24-26)18-22-19(29)17-15(27)10-16(28)31-20(17)23-18/h2-4,6,8-10,28H,5,7H2,1H3,(H,22,23,29)/b3-2-,11-4+. The van der Waals surface area contributed by atoms with Gasteiger partial charge in [0, 0.05) is 19.0 Å². The van der Waals surface area contributed by atoms with Crippen LogP contribution in [0.1, 0.15) is 13.3 Å². The molecule has 0 fully saturated rings. The number of halogens is 1. The smallest absolute Gasteiger partial charge is 0.287 e. The minimum Gasteiger partial charge on any atom is -0.493 e. The molecule has 4 aromatic rings. The maximum absolute atomic E-state index is 14.0. The third-order valence-corrected chi connectivity index (χ3v) is 4.30. The number of hydrogen-bond donors (Lipinski definition) is 2. The van der Waals surface area contributed by atoms with E-state index in [2.05, 4.69) is 20.2 Å². The molecule has 0 saturated heterocycles. The van der Waals surface area contributed by atoms with Gasteiger partial charge in [-0.15, -0.1) is 0 Å². The Morgan fingerprint density at radius 2 is 2.10 bits per heavy atom. The molecule has 2 N–H and O–H groups in total. The molecule has 0 spiro atoms. The van der Waals surface area contributed by atoms with Crippen molar-refractivity contribution in [3.05, 3.63) is 58.7 Å². The Labute approximate surface area is 173 Å². The summed E-state index contributed by atoms with van der Waals surface area (Å²) in [5.74, 6) is -1.67. The Hall–Kier alpha value is -4.28. The second-order valence-corrected chi connectivity index (χ2v) is 6.41. The van der Waals surface area contributed by atoms with Crippen LogP contribution in [0.4, 0.5) is 4.39 Å². The Bertz CT molecular complexity index is 1350. The number of hydrogen-bond acceptors (Lipinski definition) is 9. The van der Waals surface area contributed by atoms with Crippen molar-refractivity contribution in [2.24, 2.45) is 0 Å². The van der Waals surface area contributed by atoms with Crippen LogP contribution in [0.3, 0.4) is 0 Å². The topological polar surface area (TPSA) is 140 Å². The van der Waals surface area contributed by atoms with E-state index in [1.54, 1.807) is 31.2 Å². The molecule has 0 aliphatic heterocycles. The third kappa shape index (κ3) is 4.06. The van der Waals surface area contributed by atoms with Gasteiger partial charge in [-0.1, -0.05) is 17.3 Å². The fraction of sp³-hybridized carbons (Fsp3) is 0.150. The molecular formula is C20H16FN5O5. The molecule has 4 heterocycles. The summed E-state index contributed by atoms with van der Waals surface area (Å²) in [5, 5.41) is 27.7. The maximum Gasteiger partial charge on any atom is 0.287 e. The number of fused-ring (bicyclic) bond motifs is 1. The summed E-state index contributed by atoms with van der Waals surface area (Å²) in [5.41, 5.74) is 0.165. The van der Waals surface area contributed by atoms with Crippen molar-refractivity contribution in [2.45, 2.75) is 19.9 Å².